The molecule has 6 heteroatoms. The van der Waals surface area contributed by atoms with Gasteiger partial charge in [0.1, 0.15) is 17.1 Å². The van der Waals surface area contributed by atoms with Crippen LogP contribution in [0.1, 0.15) is 10.4 Å². The number of nitrogens with zero attached hydrogens (tertiary/aromatic N) is 1. The lowest BCUT2D eigenvalue weighted by molar-refractivity contribution is 0.0693. The van der Waals surface area contributed by atoms with Crippen LogP contribution in [0.2, 0.25) is 10.0 Å². The fourth-order valence-corrected chi connectivity index (χ4v) is 1.62. The Morgan fingerprint density at radius 3 is 2.72 bits per heavy atom. The van der Waals surface area contributed by atoms with Crippen molar-refractivity contribution in [3.05, 3.63) is 52.3 Å². The van der Waals surface area contributed by atoms with Gasteiger partial charge in [-0.05, 0) is 12.1 Å². The van der Waals surface area contributed by atoms with Crippen molar-refractivity contribution < 1.29 is 14.6 Å². The Morgan fingerprint density at radius 1 is 1.22 bits per heavy atom. The smallest absolute Gasteiger partial charge is 0.341 e. The molecule has 0 bridgehead atoms. The summed E-state index contributed by atoms with van der Waals surface area (Å²) in [7, 11) is 0. The van der Waals surface area contributed by atoms with Gasteiger partial charge in [-0.25, -0.2) is 4.79 Å². The van der Waals surface area contributed by atoms with Crippen molar-refractivity contribution in [2.45, 2.75) is 0 Å². The molecular formula is C12H7Cl2NO3. The van der Waals surface area contributed by atoms with Crippen molar-refractivity contribution in [3.8, 4) is 11.5 Å². The highest BCUT2D eigenvalue weighted by molar-refractivity contribution is 6.34. The van der Waals surface area contributed by atoms with Crippen LogP contribution in [0.3, 0.4) is 0 Å². The molecule has 0 saturated heterocycles. The summed E-state index contributed by atoms with van der Waals surface area (Å²) in [6.07, 6.45) is 2.64. The van der Waals surface area contributed by atoms with Gasteiger partial charge in [-0.15, -0.1) is 0 Å². The number of aromatic nitrogens is 1. The number of rotatable bonds is 3. The second kappa shape index (κ2) is 5.25. The summed E-state index contributed by atoms with van der Waals surface area (Å²) in [5.41, 5.74) is -0.0476. The van der Waals surface area contributed by atoms with E-state index in [2.05, 4.69) is 4.98 Å². The molecule has 1 aromatic heterocycles. The minimum absolute atomic E-state index is 0.0476. The van der Waals surface area contributed by atoms with E-state index < -0.39 is 5.97 Å². The van der Waals surface area contributed by atoms with E-state index in [1.54, 1.807) is 12.1 Å². The van der Waals surface area contributed by atoms with Gasteiger partial charge in [0.05, 0.1) is 5.02 Å². The highest BCUT2D eigenvalue weighted by Crippen LogP contribution is 2.32. The summed E-state index contributed by atoms with van der Waals surface area (Å²) in [5.74, 6) is -0.684. The number of halogens is 2. The number of pyridine rings is 1. The molecule has 1 N–H and O–H groups in total. The summed E-state index contributed by atoms with van der Waals surface area (Å²) in [6, 6.07) is 6.14. The maximum Gasteiger partial charge on any atom is 0.341 e. The molecule has 0 aliphatic carbocycles. The normalized spacial score (nSPS) is 10.1. The molecule has 2 rings (SSSR count). The zero-order valence-electron chi connectivity index (χ0n) is 8.93. The van der Waals surface area contributed by atoms with Crippen LogP contribution in [0.4, 0.5) is 0 Å². The average Bonchev–Trinajstić information content (AvgIpc) is 2.34. The van der Waals surface area contributed by atoms with Gasteiger partial charge in [0.15, 0.2) is 0 Å². The van der Waals surface area contributed by atoms with Crippen LogP contribution in [-0.2, 0) is 0 Å². The van der Waals surface area contributed by atoms with Crippen molar-refractivity contribution >= 4 is 29.2 Å². The third-order valence-corrected chi connectivity index (χ3v) is 2.67. The fourth-order valence-electron chi connectivity index (χ4n) is 1.31. The van der Waals surface area contributed by atoms with Gasteiger partial charge >= 0.3 is 5.97 Å². The van der Waals surface area contributed by atoms with Crippen molar-refractivity contribution in [3.63, 3.8) is 0 Å². The lowest BCUT2D eigenvalue weighted by atomic mass is 10.2. The number of aromatic carboxylic acids is 1. The monoisotopic (exact) mass is 283 g/mol. The van der Waals surface area contributed by atoms with Crippen LogP contribution in [0, 0.1) is 0 Å². The predicted octanol–water partition coefficient (Wildman–Crippen LogP) is 3.88. The first-order valence-electron chi connectivity index (χ1n) is 4.88. The zero-order valence-corrected chi connectivity index (χ0v) is 10.4. The van der Waals surface area contributed by atoms with Gasteiger partial charge in [0.25, 0.3) is 0 Å². The second-order valence-electron chi connectivity index (χ2n) is 3.35. The second-order valence-corrected chi connectivity index (χ2v) is 4.20. The Labute approximate surface area is 113 Å². The van der Waals surface area contributed by atoms with E-state index in [0.717, 1.165) is 0 Å². The zero-order chi connectivity index (χ0) is 13.1. The third-order valence-electron chi connectivity index (χ3n) is 2.12. The third kappa shape index (κ3) is 2.72. The van der Waals surface area contributed by atoms with E-state index in [1.807, 2.05) is 0 Å². The van der Waals surface area contributed by atoms with Crippen LogP contribution < -0.4 is 4.74 Å². The lowest BCUT2D eigenvalue weighted by Gasteiger charge is -2.09. The van der Waals surface area contributed by atoms with Gasteiger partial charge in [-0.3, -0.25) is 4.98 Å². The maximum absolute atomic E-state index is 11.0. The van der Waals surface area contributed by atoms with Crippen molar-refractivity contribution in [1.82, 2.24) is 4.98 Å². The SMILES string of the molecule is O=C(O)c1cnccc1Oc1cc(Cl)ccc1Cl. The molecule has 0 radical (unpaired) electrons. The highest BCUT2D eigenvalue weighted by Gasteiger charge is 2.13. The van der Waals surface area contributed by atoms with Gasteiger partial charge < -0.3 is 9.84 Å². The Bertz CT molecular complexity index is 602. The molecule has 1 aromatic carbocycles. The largest absolute Gasteiger partial charge is 0.477 e. The minimum Gasteiger partial charge on any atom is -0.477 e. The molecule has 18 heavy (non-hydrogen) atoms. The van der Waals surface area contributed by atoms with Crippen molar-refractivity contribution in [1.29, 1.82) is 0 Å². The van der Waals surface area contributed by atoms with E-state index >= 15 is 0 Å². The Morgan fingerprint density at radius 2 is 2.00 bits per heavy atom. The number of hydrogen-bond acceptors (Lipinski definition) is 3. The summed E-state index contributed by atoms with van der Waals surface area (Å²) in [5, 5.41) is 9.77. The van der Waals surface area contributed by atoms with Crippen LogP contribution in [0.5, 0.6) is 11.5 Å². The molecule has 0 aliphatic rings. The van der Waals surface area contributed by atoms with Gasteiger partial charge in [0.2, 0.25) is 0 Å². The number of benzene rings is 1. The first-order chi connectivity index (χ1) is 8.58. The molecule has 0 spiro atoms. The standard InChI is InChI=1S/C12H7Cl2NO3/c13-7-1-2-9(14)11(5-7)18-10-3-4-15-6-8(10)12(16)17/h1-6H,(H,16,17). The summed E-state index contributed by atoms with van der Waals surface area (Å²) in [4.78, 5) is 14.7. The number of carbonyl (C=O) groups is 1. The van der Waals surface area contributed by atoms with Crippen molar-refractivity contribution in [2.75, 3.05) is 0 Å². The molecule has 2 aromatic rings. The summed E-state index contributed by atoms with van der Waals surface area (Å²) >= 11 is 11.7. The van der Waals surface area contributed by atoms with E-state index in [1.165, 1.54) is 24.5 Å². The lowest BCUT2D eigenvalue weighted by Crippen LogP contribution is -2.00. The Kier molecular flexibility index (Phi) is 3.69. The van der Waals surface area contributed by atoms with E-state index in [9.17, 15) is 4.79 Å². The molecule has 0 amide bonds. The highest BCUT2D eigenvalue weighted by atomic mass is 35.5. The van der Waals surface area contributed by atoms with E-state index in [0.29, 0.717) is 10.0 Å². The van der Waals surface area contributed by atoms with Crippen LogP contribution >= 0.6 is 23.2 Å². The minimum atomic E-state index is -1.13. The first kappa shape index (κ1) is 12.7. The number of ether oxygens (including phenoxy) is 1. The Balaban J connectivity index is 2.40. The van der Waals surface area contributed by atoms with Gasteiger partial charge in [-0.1, -0.05) is 23.2 Å². The van der Waals surface area contributed by atoms with Gasteiger partial charge in [0, 0.05) is 29.5 Å². The van der Waals surface area contributed by atoms with E-state index in [4.69, 9.17) is 33.0 Å². The molecule has 0 aliphatic heterocycles. The molecule has 0 unspecified atom stereocenters. The topological polar surface area (TPSA) is 59.4 Å². The average molecular weight is 284 g/mol. The molecule has 1 heterocycles. The Hall–Kier alpha value is -1.78. The molecule has 92 valence electrons. The summed E-state index contributed by atoms with van der Waals surface area (Å²) in [6.45, 7) is 0. The van der Waals surface area contributed by atoms with Gasteiger partial charge in [-0.2, -0.15) is 0 Å². The number of carboxylic acid groups (broad SMARTS) is 1. The summed E-state index contributed by atoms with van der Waals surface area (Å²) < 4.78 is 5.45. The van der Waals surface area contributed by atoms with Crippen LogP contribution in [0.15, 0.2) is 36.7 Å². The molecule has 0 atom stereocenters. The van der Waals surface area contributed by atoms with Crippen molar-refractivity contribution in [2.24, 2.45) is 0 Å². The molecule has 0 saturated carbocycles. The maximum atomic E-state index is 11.0. The fraction of sp³-hybridized carbons (Fsp3) is 0. The molecule has 0 fully saturated rings. The predicted molar refractivity (Wildman–Crippen MR) is 67.7 cm³/mol. The quantitative estimate of drug-likeness (QED) is 0.929. The number of carboxylic acids is 1. The first-order valence-corrected chi connectivity index (χ1v) is 5.63. The van der Waals surface area contributed by atoms with Crippen LogP contribution in [0.25, 0.3) is 0 Å². The number of hydrogen-bond donors (Lipinski definition) is 1. The van der Waals surface area contributed by atoms with Crippen LogP contribution in [-0.4, -0.2) is 16.1 Å². The molecular weight excluding hydrogens is 277 g/mol. The van der Waals surface area contributed by atoms with E-state index in [-0.39, 0.29) is 17.1 Å². The molecule has 4 nitrogen and oxygen atoms in total.